The fourth-order valence-corrected chi connectivity index (χ4v) is 3.83. The van der Waals surface area contributed by atoms with E-state index in [-0.39, 0.29) is 0 Å². The molecule has 1 spiro atoms. The Labute approximate surface area is 105 Å². The average Bonchev–Trinajstić information content (AvgIpc) is 2.94. The largest absolute Gasteiger partial charge is 0.370 e. The number of piperazine rings is 1. The molecule has 2 aliphatic heterocycles. The molecule has 0 aromatic rings. The van der Waals surface area contributed by atoms with E-state index in [0.717, 1.165) is 19.6 Å². The van der Waals surface area contributed by atoms with E-state index >= 15 is 0 Å². The van der Waals surface area contributed by atoms with Crippen molar-refractivity contribution in [3.05, 3.63) is 0 Å². The third-order valence-corrected chi connectivity index (χ3v) is 4.93. The molecule has 0 radical (unpaired) electrons. The zero-order chi connectivity index (χ0) is 11.7. The van der Waals surface area contributed by atoms with Gasteiger partial charge in [0.05, 0.1) is 11.7 Å². The van der Waals surface area contributed by atoms with E-state index < -0.39 is 0 Å². The summed E-state index contributed by atoms with van der Waals surface area (Å²) in [6, 6.07) is 0.674. The van der Waals surface area contributed by atoms with Crippen LogP contribution in [-0.2, 0) is 4.74 Å². The van der Waals surface area contributed by atoms with Crippen molar-refractivity contribution in [1.29, 1.82) is 0 Å². The highest BCUT2D eigenvalue weighted by atomic mass is 16.5. The van der Waals surface area contributed by atoms with Crippen molar-refractivity contribution >= 4 is 0 Å². The van der Waals surface area contributed by atoms with Gasteiger partial charge in [-0.25, -0.2) is 0 Å². The summed E-state index contributed by atoms with van der Waals surface area (Å²) in [7, 11) is 0. The first-order chi connectivity index (χ1) is 8.27. The summed E-state index contributed by atoms with van der Waals surface area (Å²) >= 11 is 0. The Morgan fingerprint density at radius 3 is 2.88 bits per heavy atom. The van der Waals surface area contributed by atoms with Gasteiger partial charge in [0.1, 0.15) is 0 Å². The van der Waals surface area contributed by atoms with Crippen molar-refractivity contribution in [1.82, 2.24) is 10.2 Å². The van der Waals surface area contributed by atoms with Crippen LogP contribution in [0, 0.1) is 0 Å². The Bertz CT molecular complexity index is 263. The van der Waals surface area contributed by atoms with Crippen LogP contribution in [0.3, 0.4) is 0 Å². The lowest BCUT2D eigenvalue weighted by molar-refractivity contribution is -0.0521. The van der Waals surface area contributed by atoms with E-state index in [1.54, 1.807) is 0 Å². The number of hydrogen-bond acceptors (Lipinski definition) is 3. The second-order valence-electron chi connectivity index (χ2n) is 6.22. The minimum Gasteiger partial charge on any atom is -0.370 e. The van der Waals surface area contributed by atoms with Gasteiger partial charge < -0.3 is 10.1 Å². The van der Waals surface area contributed by atoms with Gasteiger partial charge in [-0.2, -0.15) is 0 Å². The number of ether oxygens (including phenoxy) is 1. The average molecular weight is 238 g/mol. The first kappa shape index (κ1) is 11.9. The van der Waals surface area contributed by atoms with Crippen LogP contribution < -0.4 is 5.32 Å². The maximum atomic E-state index is 6.40. The Kier molecular flexibility index (Phi) is 3.42. The van der Waals surface area contributed by atoms with Gasteiger partial charge >= 0.3 is 0 Å². The maximum absolute atomic E-state index is 6.40. The van der Waals surface area contributed by atoms with Crippen molar-refractivity contribution < 1.29 is 4.74 Å². The van der Waals surface area contributed by atoms with E-state index in [1.807, 2.05) is 0 Å². The molecular formula is C14H26N2O. The standard InChI is InChI=1S/C14H26N2O/c1-12-10-15-8-9-16(12)11-13-4-7-14(17-13)5-2-3-6-14/h12-13,15H,2-11H2,1H3/t12-,13?/m0/s1. The normalized spacial score (nSPS) is 37.9. The maximum Gasteiger partial charge on any atom is 0.0710 e. The Hall–Kier alpha value is -0.120. The van der Waals surface area contributed by atoms with Gasteiger partial charge in [0.15, 0.2) is 0 Å². The first-order valence-electron chi connectivity index (χ1n) is 7.40. The molecule has 0 bridgehead atoms. The zero-order valence-corrected chi connectivity index (χ0v) is 11.1. The summed E-state index contributed by atoms with van der Waals surface area (Å²) in [5.41, 5.74) is 0.307. The Balaban J connectivity index is 1.52. The SMILES string of the molecule is C[C@H]1CNCCN1CC1CCC2(CCCC2)O1. The van der Waals surface area contributed by atoms with Crippen molar-refractivity contribution in [2.75, 3.05) is 26.2 Å². The highest BCUT2D eigenvalue weighted by Gasteiger charge is 2.42. The molecule has 1 saturated carbocycles. The summed E-state index contributed by atoms with van der Waals surface area (Å²) in [6.45, 7) is 6.95. The summed E-state index contributed by atoms with van der Waals surface area (Å²) < 4.78 is 6.40. The second kappa shape index (κ2) is 4.87. The number of rotatable bonds is 2. The molecule has 2 saturated heterocycles. The quantitative estimate of drug-likeness (QED) is 0.793. The molecule has 3 rings (SSSR count). The molecule has 2 heterocycles. The summed E-state index contributed by atoms with van der Waals surface area (Å²) in [5, 5.41) is 3.46. The lowest BCUT2D eigenvalue weighted by Gasteiger charge is -2.36. The summed E-state index contributed by atoms with van der Waals surface area (Å²) in [6.07, 6.45) is 8.53. The molecule has 0 aromatic heterocycles. The lowest BCUT2D eigenvalue weighted by atomic mass is 9.98. The van der Waals surface area contributed by atoms with Crippen LogP contribution in [0.4, 0.5) is 0 Å². The molecular weight excluding hydrogens is 212 g/mol. The minimum atomic E-state index is 0.307. The predicted molar refractivity (Wildman–Crippen MR) is 69.2 cm³/mol. The molecule has 3 aliphatic rings. The molecule has 0 amide bonds. The predicted octanol–water partition coefficient (Wildman–Crippen LogP) is 1.77. The van der Waals surface area contributed by atoms with E-state index in [9.17, 15) is 0 Å². The van der Waals surface area contributed by atoms with Crippen molar-refractivity contribution in [3.63, 3.8) is 0 Å². The third-order valence-electron chi connectivity index (χ3n) is 4.93. The molecule has 2 atom stereocenters. The molecule has 1 N–H and O–H groups in total. The molecule has 1 aliphatic carbocycles. The smallest absolute Gasteiger partial charge is 0.0710 e. The molecule has 17 heavy (non-hydrogen) atoms. The first-order valence-corrected chi connectivity index (χ1v) is 7.40. The van der Waals surface area contributed by atoms with E-state index in [0.29, 0.717) is 17.7 Å². The van der Waals surface area contributed by atoms with Gasteiger partial charge in [-0.05, 0) is 32.6 Å². The topological polar surface area (TPSA) is 24.5 Å². The van der Waals surface area contributed by atoms with Crippen LogP contribution >= 0.6 is 0 Å². The Morgan fingerprint density at radius 2 is 2.12 bits per heavy atom. The Morgan fingerprint density at radius 1 is 1.29 bits per heavy atom. The molecule has 3 heteroatoms. The van der Waals surface area contributed by atoms with Crippen LogP contribution in [0.25, 0.3) is 0 Å². The monoisotopic (exact) mass is 238 g/mol. The van der Waals surface area contributed by atoms with Gasteiger partial charge in [-0.3, -0.25) is 4.90 Å². The van der Waals surface area contributed by atoms with Crippen LogP contribution in [0.2, 0.25) is 0 Å². The fraction of sp³-hybridized carbons (Fsp3) is 1.00. The van der Waals surface area contributed by atoms with E-state index in [2.05, 4.69) is 17.1 Å². The number of nitrogens with zero attached hydrogens (tertiary/aromatic N) is 1. The van der Waals surface area contributed by atoms with Crippen molar-refractivity contribution in [2.45, 2.75) is 63.2 Å². The molecule has 0 aromatic carbocycles. The van der Waals surface area contributed by atoms with E-state index in [1.165, 1.54) is 45.1 Å². The third kappa shape index (κ3) is 2.51. The number of hydrogen-bond donors (Lipinski definition) is 1. The molecule has 3 fully saturated rings. The lowest BCUT2D eigenvalue weighted by Crippen LogP contribution is -2.52. The molecule has 98 valence electrons. The van der Waals surface area contributed by atoms with Gasteiger partial charge in [-0.15, -0.1) is 0 Å². The van der Waals surface area contributed by atoms with Crippen LogP contribution in [-0.4, -0.2) is 48.8 Å². The van der Waals surface area contributed by atoms with Gasteiger partial charge in [0.2, 0.25) is 0 Å². The van der Waals surface area contributed by atoms with Crippen LogP contribution in [0.5, 0.6) is 0 Å². The van der Waals surface area contributed by atoms with Crippen molar-refractivity contribution in [2.24, 2.45) is 0 Å². The van der Waals surface area contributed by atoms with Gasteiger partial charge in [0.25, 0.3) is 0 Å². The fourth-order valence-electron chi connectivity index (χ4n) is 3.83. The zero-order valence-electron chi connectivity index (χ0n) is 11.1. The van der Waals surface area contributed by atoms with Crippen LogP contribution in [0.1, 0.15) is 45.4 Å². The van der Waals surface area contributed by atoms with Gasteiger partial charge in [-0.1, -0.05) is 12.8 Å². The van der Waals surface area contributed by atoms with E-state index in [4.69, 9.17) is 4.74 Å². The van der Waals surface area contributed by atoms with Crippen molar-refractivity contribution in [3.8, 4) is 0 Å². The summed E-state index contributed by atoms with van der Waals surface area (Å²) in [5.74, 6) is 0. The molecule has 1 unspecified atom stereocenters. The van der Waals surface area contributed by atoms with Gasteiger partial charge in [0, 0.05) is 32.2 Å². The van der Waals surface area contributed by atoms with Crippen LogP contribution in [0.15, 0.2) is 0 Å². The summed E-state index contributed by atoms with van der Waals surface area (Å²) in [4.78, 5) is 2.61. The number of nitrogens with one attached hydrogen (secondary N) is 1. The highest BCUT2D eigenvalue weighted by Crippen LogP contribution is 2.43. The molecule has 3 nitrogen and oxygen atoms in total. The highest BCUT2D eigenvalue weighted by molar-refractivity contribution is 4.94. The second-order valence-corrected chi connectivity index (χ2v) is 6.22. The minimum absolute atomic E-state index is 0.307.